The van der Waals surface area contributed by atoms with E-state index in [-0.39, 0.29) is 12.1 Å². The van der Waals surface area contributed by atoms with Crippen LogP contribution in [0.1, 0.15) is 94.9 Å². The quantitative estimate of drug-likeness (QED) is 0.275. The minimum atomic E-state index is 0.153. The maximum atomic E-state index is 5.57. The van der Waals surface area contributed by atoms with E-state index in [0.29, 0.717) is 0 Å². The number of aryl methyl sites for hydroxylation is 1. The average molecular weight is 384 g/mol. The molecule has 0 radical (unpaired) electrons. The monoisotopic (exact) mass is 383 g/mol. The maximum absolute atomic E-state index is 5.57. The maximum Gasteiger partial charge on any atom is 0.108 e. The van der Waals surface area contributed by atoms with Crippen molar-refractivity contribution in [2.24, 2.45) is 0 Å². The lowest BCUT2D eigenvalue weighted by atomic mass is 10.0. The molecule has 2 heterocycles. The van der Waals surface area contributed by atoms with Gasteiger partial charge in [-0.05, 0) is 18.4 Å². The Hall–Kier alpha value is -1.68. The summed E-state index contributed by atoms with van der Waals surface area (Å²) in [6.07, 6.45) is 18.5. The van der Waals surface area contributed by atoms with Crippen LogP contribution in [0.3, 0.4) is 0 Å². The molecule has 28 heavy (non-hydrogen) atoms. The van der Waals surface area contributed by atoms with E-state index < -0.39 is 0 Å². The molecule has 2 aromatic rings. The number of aromatic nitrogens is 3. The first-order valence-corrected chi connectivity index (χ1v) is 11.5. The molecule has 1 aliphatic rings. The second-order valence-corrected chi connectivity index (χ2v) is 8.20. The normalized spacial score (nSPS) is 17.0. The van der Waals surface area contributed by atoms with Gasteiger partial charge in [0.15, 0.2) is 0 Å². The smallest absolute Gasteiger partial charge is 0.108 e. The molecule has 0 spiro atoms. The molecule has 3 rings (SSSR count). The Balaban J connectivity index is 1.31. The first-order valence-electron chi connectivity index (χ1n) is 11.5. The summed E-state index contributed by atoms with van der Waals surface area (Å²) in [5.41, 5.74) is 2.36. The summed E-state index contributed by atoms with van der Waals surface area (Å²) in [5, 5.41) is 8.82. The third kappa shape index (κ3) is 7.05. The Kier molecular flexibility index (Phi) is 9.02. The Bertz CT molecular complexity index is 651. The first kappa shape index (κ1) is 21.0. The van der Waals surface area contributed by atoms with Crippen molar-refractivity contribution in [2.75, 3.05) is 6.61 Å². The third-order valence-electron chi connectivity index (χ3n) is 5.73. The van der Waals surface area contributed by atoms with Crippen LogP contribution in [0.2, 0.25) is 0 Å². The highest BCUT2D eigenvalue weighted by molar-refractivity contribution is 5.22. The highest BCUT2D eigenvalue weighted by Crippen LogP contribution is 2.30. The fourth-order valence-electron chi connectivity index (χ4n) is 3.96. The second-order valence-electron chi connectivity index (χ2n) is 8.20. The van der Waals surface area contributed by atoms with E-state index in [1.807, 2.05) is 10.7 Å². The lowest BCUT2D eigenvalue weighted by Crippen LogP contribution is -2.17. The molecule has 1 aromatic carbocycles. The van der Waals surface area contributed by atoms with Gasteiger partial charge in [0.05, 0.1) is 12.3 Å². The van der Waals surface area contributed by atoms with Crippen LogP contribution in [-0.4, -0.2) is 27.7 Å². The Labute approximate surface area is 170 Å². The number of hydrogen-bond donors (Lipinski definition) is 0. The molecule has 0 bridgehead atoms. The van der Waals surface area contributed by atoms with Crippen LogP contribution in [0.4, 0.5) is 0 Å². The van der Waals surface area contributed by atoms with Gasteiger partial charge in [0, 0.05) is 6.20 Å². The van der Waals surface area contributed by atoms with Crippen LogP contribution >= 0.6 is 0 Å². The molecular weight excluding hydrogens is 346 g/mol. The molecule has 1 aliphatic heterocycles. The molecule has 0 aliphatic carbocycles. The third-order valence-corrected chi connectivity index (χ3v) is 5.73. The van der Waals surface area contributed by atoms with Crippen LogP contribution in [-0.2, 0) is 11.2 Å². The highest BCUT2D eigenvalue weighted by atomic mass is 16.6. The Morgan fingerprint density at radius 1 is 0.929 bits per heavy atom. The Morgan fingerprint density at radius 3 is 2.14 bits per heavy atom. The van der Waals surface area contributed by atoms with Crippen molar-refractivity contribution >= 4 is 0 Å². The van der Waals surface area contributed by atoms with E-state index >= 15 is 0 Å². The highest BCUT2D eigenvalue weighted by Gasteiger charge is 2.36. The first-order chi connectivity index (χ1) is 13.9. The molecule has 0 amide bonds. The summed E-state index contributed by atoms with van der Waals surface area (Å²) in [6.45, 7) is 3.09. The summed E-state index contributed by atoms with van der Waals surface area (Å²) >= 11 is 0. The van der Waals surface area contributed by atoms with Crippen LogP contribution in [0.15, 0.2) is 36.5 Å². The molecule has 4 heteroatoms. The van der Waals surface area contributed by atoms with Gasteiger partial charge in [0.1, 0.15) is 12.1 Å². The van der Waals surface area contributed by atoms with Gasteiger partial charge in [-0.1, -0.05) is 107 Å². The summed E-state index contributed by atoms with van der Waals surface area (Å²) in [6, 6.07) is 10.7. The largest absolute Gasteiger partial charge is 0.370 e. The summed E-state index contributed by atoms with van der Waals surface area (Å²) < 4.78 is 7.57. The van der Waals surface area contributed by atoms with Gasteiger partial charge < -0.3 is 4.74 Å². The molecule has 1 saturated heterocycles. The topological polar surface area (TPSA) is 43.2 Å². The minimum absolute atomic E-state index is 0.153. The summed E-state index contributed by atoms with van der Waals surface area (Å²) in [5.74, 6) is 0. The van der Waals surface area contributed by atoms with Crippen molar-refractivity contribution in [3.8, 4) is 0 Å². The fourth-order valence-corrected chi connectivity index (χ4v) is 3.96. The van der Waals surface area contributed by atoms with E-state index in [2.05, 4.69) is 47.7 Å². The number of hydrogen-bond acceptors (Lipinski definition) is 3. The Morgan fingerprint density at radius 2 is 1.54 bits per heavy atom. The van der Waals surface area contributed by atoms with E-state index in [4.69, 9.17) is 4.74 Å². The van der Waals surface area contributed by atoms with Crippen molar-refractivity contribution < 1.29 is 4.74 Å². The van der Waals surface area contributed by atoms with Crippen LogP contribution < -0.4 is 0 Å². The van der Waals surface area contributed by atoms with Crippen molar-refractivity contribution in [1.29, 1.82) is 0 Å². The zero-order valence-corrected chi connectivity index (χ0v) is 17.6. The van der Waals surface area contributed by atoms with Gasteiger partial charge in [-0.2, -0.15) is 0 Å². The molecular formula is C24H37N3O. The predicted octanol–water partition coefficient (Wildman–Crippen LogP) is 6.12. The zero-order valence-electron chi connectivity index (χ0n) is 17.6. The molecule has 4 nitrogen and oxygen atoms in total. The van der Waals surface area contributed by atoms with Crippen LogP contribution in [0.5, 0.6) is 0 Å². The van der Waals surface area contributed by atoms with Gasteiger partial charge in [0.25, 0.3) is 0 Å². The van der Waals surface area contributed by atoms with Crippen molar-refractivity contribution in [3.63, 3.8) is 0 Å². The SMILES string of the molecule is CCCCCCCCCCCCCc1cn([C@H](c2ccccc2)[C@@H]2CO2)nn1. The lowest BCUT2D eigenvalue weighted by molar-refractivity contribution is 0.336. The number of benzene rings is 1. The van der Waals surface area contributed by atoms with Crippen molar-refractivity contribution in [3.05, 3.63) is 47.8 Å². The van der Waals surface area contributed by atoms with E-state index in [9.17, 15) is 0 Å². The van der Waals surface area contributed by atoms with Gasteiger partial charge >= 0.3 is 0 Å². The molecule has 0 N–H and O–H groups in total. The number of epoxide rings is 1. The van der Waals surface area contributed by atoms with Gasteiger partial charge in [-0.15, -0.1) is 5.10 Å². The van der Waals surface area contributed by atoms with Gasteiger partial charge in [0.2, 0.25) is 0 Å². The molecule has 1 fully saturated rings. The van der Waals surface area contributed by atoms with Gasteiger partial charge in [-0.25, -0.2) is 4.68 Å². The molecule has 0 unspecified atom stereocenters. The molecule has 154 valence electrons. The fraction of sp³-hybridized carbons (Fsp3) is 0.667. The molecule has 1 aromatic heterocycles. The second kappa shape index (κ2) is 12.0. The van der Waals surface area contributed by atoms with E-state index in [0.717, 1.165) is 18.7 Å². The van der Waals surface area contributed by atoms with Crippen LogP contribution in [0, 0.1) is 0 Å². The predicted molar refractivity (Wildman–Crippen MR) is 115 cm³/mol. The number of rotatable bonds is 15. The standard InChI is InChI=1S/C24H37N3O/c1-2-3-4-5-6-7-8-9-10-11-15-18-22-19-27(26-25-22)24(23-20-28-23)21-16-13-12-14-17-21/h12-14,16-17,19,23-24H,2-11,15,18,20H2,1H3/t23-,24+/m0/s1. The van der Waals surface area contributed by atoms with E-state index in [1.54, 1.807) is 0 Å². The van der Waals surface area contributed by atoms with Crippen LogP contribution in [0.25, 0.3) is 0 Å². The lowest BCUT2D eigenvalue weighted by Gasteiger charge is -2.14. The molecule has 2 atom stereocenters. The molecule has 0 saturated carbocycles. The zero-order chi connectivity index (χ0) is 19.4. The summed E-state index contributed by atoms with van der Waals surface area (Å²) in [7, 11) is 0. The number of nitrogens with zero attached hydrogens (tertiary/aromatic N) is 3. The average Bonchev–Trinajstić information content (AvgIpc) is 3.45. The number of ether oxygens (including phenoxy) is 1. The van der Waals surface area contributed by atoms with Crippen molar-refractivity contribution in [1.82, 2.24) is 15.0 Å². The van der Waals surface area contributed by atoms with Gasteiger partial charge in [-0.3, -0.25) is 0 Å². The van der Waals surface area contributed by atoms with Crippen molar-refractivity contribution in [2.45, 2.75) is 96.1 Å². The minimum Gasteiger partial charge on any atom is -0.370 e. The number of unbranched alkanes of at least 4 members (excludes halogenated alkanes) is 10. The summed E-state index contributed by atoms with van der Waals surface area (Å²) in [4.78, 5) is 0. The van der Waals surface area contributed by atoms with E-state index in [1.165, 1.54) is 76.2 Å².